The molecule has 4 nitrogen and oxygen atoms in total. The van der Waals surface area contributed by atoms with Gasteiger partial charge in [0.15, 0.2) is 5.69 Å². The van der Waals surface area contributed by atoms with Gasteiger partial charge in [0.25, 0.3) is 0 Å². The first-order valence-electron chi connectivity index (χ1n) is 7.26. The molecule has 2 N–H and O–H groups in total. The number of carbonyl (C=O) groups is 1. The number of carboxylic acid groups (broad SMARTS) is 1. The maximum atomic E-state index is 13.1. The molecule has 0 saturated heterocycles. The highest BCUT2D eigenvalue weighted by molar-refractivity contribution is 6.33. The van der Waals surface area contributed by atoms with Crippen LogP contribution < -0.4 is 5.32 Å². The third-order valence-corrected chi connectivity index (χ3v) is 3.85. The first-order valence-corrected chi connectivity index (χ1v) is 7.63. The van der Waals surface area contributed by atoms with Crippen molar-refractivity contribution in [2.45, 2.75) is 25.4 Å². The molecule has 1 aromatic heterocycles. The van der Waals surface area contributed by atoms with Gasteiger partial charge in [0, 0.05) is 24.8 Å². The number of carboxylic acids is 1. The number of hydrogen-bond acceptors (Lipinski definition) is 3. The van der Waals surface area contributed by atoms with E-state index in [0.29, 0.717) is 12.1 Å². The van der Waals surface area contributed by atoms with Crippen molar-refractivity contribution < 1.29 is 36.2 Å². The Morgan fingerprint density at radius 3 is 2.22 bits per heavy atom. The average Bonchev–Trinajstić information content (AvgIpc) is 3.01. The van der Waals surface area contributed by atoms with Crippen molar-refractivity contribution in [2.75, 3.05) is 0 Å². The maximum Gasteiger partial charge on any atom is 0.490 e. The Hall–Kier alpha value is -2.33. The zero-order chi connectivity index (χ0) is 20.4. The number of aliphatic carboxylic acids is 1. The summed E-state index contributed by atoms with van der Waals surface area (Å²) in [6.45, 7) is 1.39. The molecular weight excluding hydrogens is 402 g/mol. The fourth-order valence-corrected chi connectivity index (χ4v) is 2.63. The van der Waals surface area contributed by atoms with E-state index < -0.39 is 24.0 Å². The van der Waals surface area contributed by atoms with Gasteiger partial charge in [-0.15, -0.1) is 0 Å². The number of nitrogens with one attached hydrogen (secondary N) is 1. The number of aromatic nitrogens is 1. The molecule has 146 valence electrons. The van der Waals surface area contributed by atoms with E-state index in [-0.39, 0.29) is 10.6 Å². The van der Waals surface area contributed by atoms with Crippen LogP contribution in [0.2, 0.25) is 5.02 Å². The first kappa shape index (κ1) is 21.0. The van der Waals surface area contributed by atoms with E-state index in [9.17, 15) is 26.3 Å². The molecule has 0 saturated carbocycles. The monoisotopic (exact) mass is 412 g/mol. The summed E-state index contributed by atoms with van der Waals surface area (Å²) in [6.07, 6.45) is -8.54. The SMILES string of the molecule is FC(F)(F)c1nccc(Cl)c1-c1ccc2c(c1)CNC2.O=C(O)C(F)(F)F. The van der Waals surface area contributed by atoms with Crippen molar-refractivity contribution >= 4 is 17.6 Å². The van der Waals surface area contributed by atoms with Crippen LogP contribution in [0.1, 0.15) is 16.8 Å². The molecule has 0 bridgehead atoms. The summed E-state index contributed by atoms with van der Waals surface area (Å²) in [7, 11) is 0. The van der Waals surface area contributed by atoms with Crippen LogP contribution >= 0.6 is 11.6 Å². The highest BCUT2D eigenvalue weighted by Crippen LogP contribution is 2.40. The molecule has 0 aliphatic carbocycles. The van der Waals surface area contributed by atoms with E-state index in [2.05, 4.69) is 10.3 Å². The minimum atomic E-state index is -5.08. The predicted octanol–water partition coefficient (Wildman–Crippen LogP) is 4.66. The quantitative estimate of drug-likeness (QED) is 0.669. The van der Waals surface area contributed by atoms with Crippen molar-refractivity contribution in [3.63, 3.8) is 0 Å². The molecule has 11 heteroatoms. The van der Waals surface area contributed by atoms with Crippen LogP contribution in [0.4, 0.5) is 26.3 Å². The zero-order valence-corrected chi connectivity index (χ0v) is 14.0. The lowest BCUT2D eigenvalue weighted by Gasteiger charge is -2.14. The third kappa shape index (κ3) is 5.10. The Bertz CT molecular complexity index is 852. The summed E-state index contributed by atoms with van der Waals surface area (Å²) in [4.78, 5) is 12.4. The van der Waals surface area contributed by atoms with E-state index in [0.717, 1.165) is 23.9 Å². The highest BCUT2D eigenvalue weighted by atomic mass is 35.5. The summed E-state index contributed by atoms with van der Waals surface area (Å²) in [5, 5.41) is 10.3. The van der Waals surface area contributed by atoms with Crippen LogP contribution in [-0.2, 0) is 24.1 Å². The molecule has 0 radical (unpaired) electrons. The van der Waals surface area contributed by atoms with Gasteiger partial charge in [0.05, 0.1) is 5.02 Å². The van der Waals surface area contributed by atoms with Gasteiger partial charge in [-0.25, -0.2) is 4.79 Å². The minimum absolute atomic E-state index is 0.0539. The Morgan fingerprint density at radius 1 is 1.07 bits per heavy atom. The van der Waals surface area contributed by atoms with Crippen LogP contribution in [0.3, 0.4) is 0 Å². The predicted molar refractivity (Wildman–Crippen MR) is 83.9 cm³/mol. The molecule has 1 aliphatic rings. The molecule has 1 aromatic carbocycles. The second-order valence-electron chi connectivity index (χ2n) is 5.40. The number of halogens is 7. The number of pyridine rings is 1. The van der Waals surface area contributed by atoms with Crippen LogP contribution in [-0.4, -0.2) is 22.2 Å². The number of fused-ring (bicyclic) bond motifs is 1. The summed E-state index contributed by atoms with van der Waals surface area (Å²) >= 11 is 5.97. The largest absolute Gasteiger partial charge is 0.490 e. The topological polar surface area (TPSA) is 62.2 Å². The molecule has 1 aliphatic heterocycles. The molecule has 27 heavy (non-hydrogen) atoms. The summed E-state index contributed by atoms with van der Waals surface area (Å²) in [5.74, 6) is -2.76. The number of alkyl halides is 6. The van der Waals surface area contributed by atoms with Gasteiger partial charge in [0.2, 0.25) is 0 Å². The van der Waals surface area contributed by atoms with Crippen LogP contribution in [0.25, 0.3) is 11.1 Å². The van der Waals surface area contributed by atoms with Crippen LogP contribution in [0.5, 0.6) is 0 Å². The van der Waals surface area contributed by atoms with Crippen LogP contribution in [0.15, 0.2) is 30.5 Å². The fourth-order valence-electron chi connectivity index (χ4n) is 2.38. The van der Waals surface area contributed by atoms with E-state index >= 15 is 0 Å². The van der Waals surface area contributed by atoms with E-state index in [4.69, 9.17) is 21.5 Å². The van der Waals surface area contributed by atoms with Crippen LogP contribution in [0, 0.1) is 0 Å². The molecule has 0 fully saturated rings. The molecule has 0 amide bonds. The Kier molecular flexibility index (Phi) is 6.01. The zero-order valence-electron chi connectivity index (χ0n) is 13.2. The van der Waals surface area contributed by atoms with Gasteiger partial charge in [-0.1, -0.05) is 23.7 Å². The Balaban J connectivity index is 0.000000321. The normalized spacial score (nSPS) is 13.6. The average molecular weight is 413 g/mol. The van der Waals surface area contributed by atoms with Crippen molar-refractivity contribution in [1.82, 2.24) is 10.3 Å². The molecule has 0 unspecified atom stereocenters. The van der Waals surface area contributed by atoms with Gasteiger partial charge in [-0.05, 0) is 28.8 Å². The molecule has 0 atom stereocenters. The van der Waals surface area contributed by atoms with Crippen molar-refractivity contribution in [3.8, 4) is 11.1 Å². The molecule has 3 rings (SSSR count). The number of hydrogen-bond donors (Lipinski definition) is 2. The lowest BCUT2D eigenvalue weighted by Crippen LogP contribution is -2.21. The van der Waals surface area contributed by atoms with Gasteiger partial charge in [0.1, 0.15) is 0 Å². The molecule has 2 heterocycles. The minimum Gasteiger partial charge on any atom is -0.475 e. The second kappa shape index (κ2) is 7.73. The van der Waals surface area contributed by atoms with Crippen molar-refractivity contribution in [3.05, 3.63) is 52.3 Å². The smallest absolute Gasteiger partial charge is 0.475 e. The number of nitrogens with zero attached hydrogens (tertiary/aromatic N) is 1. The molecule has 0 spiro atoms. The summed E-state index contributed by atoms with van der Waals surface area (Å²) < 4.78 is 70.9. The third-order valence-electron chi connectivity index (χ3n) is 3.54. The van der Waals surface area contributed by atoms with E-state index in [1.807, 2.05) is 6.07 Å². The van der Waals surface area contributed by atoms with Crippen molar-refractivity contribution in [2.24, 2.45) is 0 Å². The van der Waals surface area contributed by atoms with Gasteiger partial charge in [-0.3, -0.25) is 4.98 Å². The number of rotatable bonds is 1. The van der Waals surface area contributed by atoms with Gasteiger partial charge in [-0.2, -0.15) is 26.3 Å². The van der Waals surface area contributed by atoms with Gasteiger partial charge >= 0.3 is 18.3 Å². The Labute approximate surface area is 153 Å². The first-order chi connectivity index (χ1) is 12.4. The molecular formula is C16H11ClF6N2O2. The fraction of sp³-hybridized carbons (Fsp3) is 0.250. The van der Waals surface area contributed by atoms with E-state index in [1.165, 1.54) is 6.07 Å². The lowest BCUT2D eigenvalue weighted by molar-refractivity contribution is -0.192. The maximum absolute atomic E-state index is 13.1. The lowest BCUT2D eigenvalue weighted by atomic mass is 9.99. The Morgan fingerprint density at radius 2 is 1.67 bits per heavy atom. The highest BCUT2D eigenvalue weighted by Gasteiger charge is 2.38. The van der Waals surface area contributed by atoms with Crippen molar-refractivity contribution in [1.29, 1.82) is 0 Å². The second-order valence-corrected chi connectivity index (χ2v) is 5.81. The molecule has 2 aromatic rings. The van der Waals surface area contributed by atoms with Gasteiger partial charge < -0.3 is 10.4 Å². The van der Waals surface area contributed by atoms with E-state index in [1.54, 1.807) is 12.1 Å². The summed E-state index contributed by atoms with van der Waals surface area (Å²) in [6, 6.07) is 6.60. The number of benzene rings is 1. The standard InChI is InChI=1S/C14H10ClF3N2.C2HF3O2/c15-11-3-4-20-13(14(16,17)18)12(11)8-1-2-9-6-19-7-10(9)5-8;3-2(4,5)1(6)7/h1-5,19H,6-7H2;(H,6,7). The summed E-state index contributed by atoms with van der Waals surface area (Å²) in [5.41, 5.74) is 1.53.